The van der Waals surface area contributed by atoms with Crippen molar-refractivity contribution in [2.24, 2.45) is 5.16 Å². The first-order valence-corrected chi connectivity index (χ1v) is 10.9. The smallest absolute Gasteiger partial charge is 0.398 e. The number of oxime groups is 1. The molecule has 2 aromatic rings. The van der Waals surface area contributed by atoms with E-state index in [0.29, 0.717) is 12.4 Å². The van der Waals surface area contributed by atoms with Crippen LogP contribution in [0.2, 0.25) is 24.7 Å². The van der Waals surface area contributed by atoms with Gasteiger partial charge in [0, 0.05) is 6.20 Å². The molecule has 11 heteroatoms. The quantitative estimate of drug-likeness (QED) is 0.354. The Hall–Kier alpha value is -1.94. The van der Waals surface area contributed by atoms with Crippen LogP contribution in [0.15, 0.2) is 30.1 Å². The first kappa shape index (κ1) is 18.4. The van der Waals surface area contributed by atoms with Crippen LogP contribution in [-0.4, -0.2) is 39.9 Å². The highest BCUT2D eigenvalue weighted by Crippen LogP contribution is 2.31. The van der Waals surface area contributed by atoms with Crippen LogP contribution < -0.4 is 0 Å². The molecule has 0 amide bonds. The van der Waals surface area contributed by atoms with Crippen LogP contribution in [0.1, 0.15) is 11.3 Å². The van der Waals surface area contributed by atoms with Crippen molar-refractivity contribution >= 4 is 25.5 Å². The van der Waals surface area contributed by atoms with Crippen LogP contribution >= 0.6 is 11.6 Å². The molecule has 0 aliphatic heterocycles. The molecule has 0 aliphatic rings. The summed E-state index contributed by atoms with van der Waals surface area (Å²) in [6.45, 7) is 6.25. The molecule has 0 radical (unpaired) electrons. The van der Waals surface area contributed by atoms with Gasteiger partial charge in [0.05, 0.1) is 18.7 Å². The molecule has 0 atom stereocenters. The Morgan fingerprint density at radius 1 is 1.38 bits per heavy atom. The van der Waals surface area contributed by atoms with Crippen LogP contribution in [0.5, 0.6) is 0 Å². The molecule has 0 spiro atoms. The van der Waals surface area contributed by atoms with E-state index in [0.717, 1.165) is 6.07 Å². The van der Waals surface area contributed by atoms with E-state index in [1.54, 1.807) is 0 Å². The second kappa shape index (κ2) is 6.89. The maximum Gasteiger partial charge on any atom is 0.417 e. The molecule has 6 nitrogen and oxygen atoms in total. The van der Waals surface area contributed by atoms with E-state index in [1.807, 2.05) is 0 Å². The minimum absolute atomic E-state index is 0.0192. The topological polar surface area (TPSA) is 65.2 Å². The lowest BCUT2D eigenvalue weighted by atomic mass is 10.2. The minimum Gasteiger partial charge on any atom is -0.398 e. The van der Waals surface area contributed by atoms with E-state index in [2.05, 4.69) is 39.9 Å². The van der Waals surface area contributed by atoms with Crippen molar-refractivity contribution < 1.29 is 18.0 Å². The highest BCUT2D eigenvalue weighted by atomic mass is 35.5. The molecular formula is C13H15ClF3N5OSi. The first-order chi connectivity index (χ1) is 11.1. The number of pyridine rings is 1. The molecule has 0 aromatic carbocycles. The molecular weight excluding hydrogens is 363 g/mol. The standard InChI is InChI=1S/C13H15ClF3N5OSi/c1-24(2,3)8-23-21-12(22-7-18-6-20-22)11-10(14)4-9(5-19-11)13(15,16)17/h4-7H,8H2,1-3H3/b21-12+. The van der Waals surface area contributed by atoms with Gasteiger partial charge in [-0.2, -0.15) is 23.0 Å². The fourth-order valence-corrected chi connectivity index (χ4v) is 2.26. The summed E-state index contributed by atoms with van der Waals surface area (Å²) in [6.07, 6.45) is -0.845. The Morgan fingerprint density at radius 2 is 2.08 bits per heavy atom. The van der Waals surface area contributed by atoms with E-state index >= 15 is 0 Å². The molecule has 130 valence electrons. The Kier molecular flexibility index (Phi) is 5.28. The first-order valence-electron chi connectivity index (χ1n) is 6.86. The number of aromatic nitrogens is 4. The molecule has 0 fully saturated rings. The summed E-state index contributed by atoms with van der Waals surface area (Å²) in [6, 6.07) is 0.787. The predicted octanol–water partition coefficient (Wildman–Crippen LogP) is 3.45. The van der Waals surface area contributed by atoms with Crippen LogP contribution in [0.3, 0.4) is 0 Å². The van der Waals surface area contributed by atoms with Crippen molar-refractivity contribution in [2.75, 3.05) is 6.23 Å². The van der Waals surface area contributed by atoms with Crippen LogP contribution in [-0.2, 0) is 11.0 Å². The van der Waals surface area contributed by atoms with Gasteiger partial charge in [-0.1, -0.05) is 36.4 Å². The lowest BCUT2D eigenvalue weighted by Gasteiger charge is -2.14. The molecule has 0 N–H and O–H groups in total. The van der Waals surface area contributed by atoms with Crippen LogP contribution in [0.25, 0.3) is 0 Å². The average Bonchev–Trinajstić information content (AvgIpc) is 2.96. The van der Waals surface area contributed by atoms with Crippen molar-refractivity contribution in [3.05, 3.63) is 41.2 Å². The molecule has 24 heavy (non-hydrogen) atoms. The van der Waals surface area contributed by atoms with Gasteiger partial charge in [-0.05, 0) is 6.07 Å². The molecule has 0 saturated carbocycles. The second-order valence-corrected chi connectivity index (χ2v) is 12.0. The van der Waals surface area contributed by atoms with Gasteiger partial charge in [-0.15, -0.1) is 0 Å². The van der Waals surface area contributed by atoms with Gasteiger partial charge in [0.15, 0.2) is 0 Å². The molecule has 0 aliphatic carbocycles. The van der Waals surface area contributed by atoms with Crippen molar-refractivity contribution in [1.29, 1.82) is 0 Å². The van der Waals surface area contributed by atoms with Crippen molar-refractivity contribution in [1.82, 2.24) is 19.7 Å². The van der Waals surface area contributed by atoms with Gasteiger partial charge in [0.2, 0.25) is 5.84 Å². The fourth-order valence-electron chi connectivity index (χ4n) is 1.56. The predicted molar refractivity (Wildman–Crippen MR) is 85.5 cm³/mol. The summed E-state index contributed by atoms with van der Waals surface area (Å²) in [7, 11) is -1.53. The highest BCUT2D eigenvalue weighted by Gasteiger charge is 2.32. The number of nitrogens with zero attached hydrogens (tertiary/aromatic N) is 5. The SMILES string of the molecule is C[Si](C)(C)CO/N=C(\c1ncc(C(F)(F)F)cc1Cl)n1cncn1. The monoisotopic (exact) mass is 377 g/mol. The largest absolute Gasteiger partial charge is 0.417 e. The third-order valence-corrected chi connectivity index (χ3v) is 3.95. The summed E-state index contributed by atoms with van der Waals surface area (Å²) in [5, 5.41) is 7.65. The summed E-state index contributed by atoms with van der Waals surface area (Å²) in [5.74, 6) is 0.0597. The summed E-state index contributed by atoms with van der Waals surface area (Å²) < 4.78 is 39.4. The normalized spacial score (nSPS) is 13.2. The zero-order valence-electron chi connectivity index (χ0n) is 13.2. The van der Waals surface area contributed by atoms with Gasteiger partial charge in [-0.3, -0.25) is 4.98 Å². The number of hydrogen-bond acceptors (Lipinski definition) is 5. The van der Waals surface area contributed by atoms with Gasteiger partial charge >= 0.3 is 6.18 Å². The zero-order chi connectivity index (χ0) is 18.0. The van der Waals surface area contributed by atoms with Crippen molar-refractivity contribution in [2.45, 2.75) is 25.8 Å². The summed E-state index contributed by atoms with van der Waals surface area (Å²) >= 11 is 5.96. The van der Waals surface area contributed by atoms with E-state index < -0.39 is 19.8 Å². The highest BCUT2D eigenvalue weighted by molar-refractivity contribution is 6.76. The lowest BCUT2D eigenvalue weighted by Crippen LogP contribution is -2.28. The van der Waals surface area contributed by atoms with Crippen molar-refractivity contribution in [3.63, 3.8) is 0 Å². The molecule has 2 rings (SSSR count). The fraction of sp³-hybridized carbons (Fsp3) is 0.385. The van der Waals surface area contributed by atoms with Gasteiger partial charge in [0.25, 0.3) is 0 Å². The second-order valence-electron chi connectivity index (χ2n) is 6.14. The number of hydrogen-bond donors (Lipinski definition) is 0. The third-order valence-electron chi connectivity index (χ3n) is 2.66. The van der Waals surface area contributed by atoms with E-state index in [4.69, 9.17) is 16.4 Å². The Labute approximate surface area is 142 Å². The van der Waals surface area contributed by atoms with E-state index in [-0.39, 0.29) is 16.6 Å². The van der Waals surface area contributed by atoms with Gasteiger partial charge < -0.3 is 4.84 Å². The maximum atomic E-state index is 12.7. The van der Waals surface area contributed by atoms with Gasteiger partial charge in [-0.25, -0.2) is 4.98 Å². The van der Waals surface area contributed by atoms with E-state index in [9.17, 15) is 13.2 Å². The Balaban J connectivity index is 2.40. The van der Waals surface area contributed by atoms with Gasteiger partial charge in [0.1, 0.15) is 24.6 Å². The molecule has 0 unspecified atom stereocenters. The average molecular weight is 378 g/mol. The Morgan fingerprint density at radius 3 is 2.58 bits per heavy atom. The minimum atomic E-state index is -4.53. The number of alkyl halides is 3. The molecule has 2 aromatic heterocycles. The zero-order valence-corrected chi connectivity index (χ0v) is 14.9. The lowest BCUT2D eigenvalue weighted by molar-refractivity contribution is -0.137. The van der Waals surface area contributed by atoms with Crippen LogP contribution in [0.4, 0.5) is 13.2 Å². The summed E-state index contributed by atoms with van der Waals surface area (Å²) in [5.41, 5.74) is -0.928. The number of halogens is 4. The third kappa shape index (κ3) is 4.77. The maximum absolute atomic E-state index is 12.7. The Bertz CT molecular complexity index is 728. The molecule has 0 saturated heterocycles. The molecule has 0 bridgehead atoms. The molecule has 2 heterocycles. The van der Waals surface area contributed by atoms with E-state index in [1.165, 1.54) is 17.3 Å². The number of rotatable bonds is 4. The van der Waals surface area contributed by atoms with Crippen LogP contribution in [0, 0.1) is 0 Å². The van der Waals surface area contributed by atoms with Crippen molar-refractivity contribution in [3.8, 4) is 0 Å². The summed E-state index contributed by atoms with van der Waals surface area (Å²) in [4.78, 5) is 12.9.